The van der Waals surface area contributed by atoms with Crippen molar-refractivity contribution in [3.8, 4) is 11.1 Å². The number of hydrogen-bond donors (Lipinski definition) is 1. The number of hydrogen-bond acceptors (Lipinski definition) is 3. The molecular formula is C26H27N3O2. The Kier molecular flexibility index (Phi) is 6.43. The van der Waals surface area contributed by atoms with Gasteiger partial charge in [-0.15, -0.1) is 0 Å². The number of nitrogens with one attached hydrogen (secondary N) is 1. The van der Waals surface area contributed by atoms with Gasteiger partial charge >= 0.3 is 0 Å². The van der Waals surface area contributed by atoms with Crippen molar-refractivity contribution in [3.05, 3.63) is 90.3 Å². The molecule has 0 aliphatic heterocycles. The van der Waals surface area contributed by atoms with Crippen molar-refractivity contribution < 1.29 is 9.53 Å². The van der Waals surface area contributed by atoms with Crippen molar-refractivity contribution in [1.29, 1.82) is 0 Å². The molecule has 1 unspecified atom stereocenters. The van der Waals surface area contributed by atoms with Gasteiger partial charge in [0.25, 0.3) is 0 Å². The quantitative estimate of drug-likeness (QED) is 0.453. The second-order valence-electron chi connectivity index (χ2n) is 7.63. The molecule has 1 amide bonds. The lowest BCUT2D eigenvalue weighted by Crippen LogP contribution is -2.30. The van der Waals surface area contributed by atoms with Gasteiger partial charge in [0, 0.05) is 13.7 Å². The number of amides is 1. The summed E-state index contributed by atoms with van der Waals surface area (Å²) in [7, 11) is 1.69. The van der Waals surface area contributed by atoms with E-state index in [9.17, 15) is 4.79 Å². The summed E-state index contributed by atoms with van der Waals surface area (Å²) in [6.45, 7) is 3.25. The summed E-state index contributed by atoms with van der Waals surface area (Å²) >= 11 is 0. The molecule has 0 saturated carbocycles. The van der Waals surface area contributed by atoms with E-state index >= 15 is 0 Å². The molecule has 0 aliphatic rings. The summed E-state index contributed by atoms with van der Waals surface area (Å²) in [4.78, 5) is 17.5. The largest absolute Gasteiger partial charge is 0.383 e. The zero-order chi connectivity index (χ0) is 21.6. The van der Waals surface area contributed by atoms with E-state index in [1.807, 2.05) is 61.5 Å². The molecule has 3 aromatic carbocycles. The zero-order valence-electron chi connectivity index (χ0n) is 17.9. The summed E-state index contributed by atoms with van der Waals surface area (Å²) in [5, 5.41) is 3.11. The molecule has 0 radical (unpaired) electrons. The molecule has 31 heavy (non-hydrogen) atoms. The van der Waals surface area contributed by atoms with E-state index < -0.39 is 0 Å². The van der Waals surface area contributed by atoms with Crippen LogP contribution in [0.5, 0.6) is 0 Å². The van der Waals surface area contributed by atoms with Crippen molar-refractivity contribution in [2.75, 3.05) is 13.7 Å². The minimum Gasteiger partial charge on any atom is -0.383 e. The summed E-state index contributed by atoms with van der Waals surface area (Å²) < 4.78 is 7.39. The van der Waals surface area contributed by atoms with Crippen LogP contribution in [0.2, 0.25) is 0 Å². The van der Waals surface area contributed by atoms with Crippen LogP contribution in [0, 0.1) is 0 Å². The van der Waals surface area contributed by atoms with Crippen molar-refractivity contribution in [2.45, 2.75) is 25.9 Å². The molecule has 0 spiro atoms. The second-order valence-corrected chi connectivity index (χ2v) is 7.63. The van der Waals surface area contributed by atoms with E-state index in [1.54, 1.807) is 7.11 Å². The number of benzene rings is 3. The third-order valence-electron chi connectivity index (χ3n) is 5.39. The highest BCUT2D eigenvalue weighted by molar-refractivity contribution is 5.80. The number of methoxy groups -OCH3 is 1. The first-order valence-corrected chi connectivity index (χ1v) is 10.5. The smallest absolute Gasteiger partial charge is 0.224 e. The van der Waals surface area contributed by atoms with Gasteiger partial charge in [0.1, 0.15) is 5.82 Å². The van der Waals surface area contributed by atoms with Crippen molar-refractivity contribution in [2.24, 2.45) is 0 Å². The molecule has 1 N–H and O–H groups in total. The van der Waals surface area contributed by atoms with E-state index in [-0.39, 0.29) is 11.9 Å². The minimum absolute atomic E-state index is 0.0229. The number of carbonyl (C=O) groups excluding carboxylic acids is 1. The lowest BCUT2D eigenvalue weighted by atomic mass is 10.0. The lowest BCUT2D eigenvalue weighted by Gasteiger charge is -2.16. The van der Waals surface area contributed by atoms with Crippen LogP contribution in [0.25, 0.3) is 22.2 Å². The predicted molar refractivity (Wildman–Crippen MR) is 124 cm³/mol. The molecule has 1 aromatic heterocycles. The van der Waals surface area contributed by atoms with E-state index in [0.29, 0.717) is 19.6 Å². The van der Waals surface area contributed by atoms with Crippen LogP contribution in [-0.2, 0) is 22.5 Å². The lowest BCUT2D eigenvalue weighted by molar-refractivity contribution is -0.121. The SMILES string of the molecule is COCCn1c(C(C)NC(=O)Cc2ccc(-c3ccccc3)cc2)nc2ccccc21. The molecule has 5 heteroatoms. The van der Waals surface area contributed by atoms with Crippen LogP contribution in [0.3, 0.4) is 0 Å². The van der Waals surface area contributed by atoms with Gasteiger partial charge in [-0.3, -0.25) is 4.79 Å². The minimum atomic E-state index is -0.208. The maximum atomic E-state index is 12.7. The molecule has 0 aliphatic carbocycles. The summed E-state index contributed by atoms with van der Waals surface area (Å²) in [6, 6.07) is 26.2. The van der Waals surface area contributed by atoms with Crippen LogP contribution >= 0.6 is 0 Å². The highest BCUT2D eigenvalue weighted by Gasteiger charge is 2.18. The molecule has 0 saturated heterocycles. The van der Waals surface area contributed by atoms with Crippen molar-refractivity contribution >= 4 is 16.9 Å². The van der Waals surface area contributed by atoms with Gasteiger partial charge in [-0.05, 0) is 35.7 Å². The van der Waals surface area contributed by atoms with E-state index in [4.69, 9.17) is 9.72 Å². The van der Waals surface area contributed by atoms with Gasteiger partial charge in [0.15, 0.2) is 0 Å². The molecule has 5 nitrogen and oxygen atoms in total. The molecule has 4 aromatic rings. The Morgan fingerprint density at radius 1 is 0.968 bits per heavy atom. The van der Waals surface area contributed by atoms with Crippen LogP contribution < -0.4 is 5.32 Å². The molecule has 1 heterocycles. The molecular weight excluding hydrogens is 386 g/mol. The maximum Gasteiger partial charge on any atom is 0.224 e. The fourth-order valence-corrected chi connectivity index (χ4v) is 3.83. The van der Waals surface area contributed by atoms with E-state index in [2.05, 4.69) is 34.1 Å². The van der Waals surface area contributed by atoms with Gasteiger partial charge in [-0.25, -0.2) is 4.98 Å². The summed E-state index contributed by atoms with van der Waals surface area (Å²) in [6.07, 6.45) is 0.331. The molecule has 158 valence electrons. The summed E-state index contributed by atoms with van der Waals surface area (Å²) in [5.74, 6) is 0.816. The second kappa shape index (κ2) is 9.58. The number of fused-ring (bicyclic) bond motifs is 1. The normalized spacial score (nSPS) is 12.1. The molecule has 0 bridgehead atoms. The van der Waals surface area contributed by atoms with Gasteiger partial charge in [-0.2, -0.15) is 0 Å². The Balaban J connectivity index is 1.45. The van der Waals surface area contributed by atoms with Crippen LogP contribution in [0.4, 0.5) is 0 Å². The fraction of sp³-hybridized carbons (Fsp3) is 0.231. The molecule has 4 rings (SSSR count). The number of ether oxygens (including phenoxy) is 1. The first kappa shape index (κ1) is 20.8. The number of para-hydroxylation sites is 2. The number of nitrogens with zero attached hydrogens (tertiary/aromatic N) is 2. The van der Waals surface area contributed by atoms with Crippen molar-refractivity contribution in [1.82, 2.24) is 14.9 Å². The van der Waals surface area contributed by atoms with Crippen LogP contribution in [-0.4, -0.2) is 29.2 Å². The number of imidazole rings is 1. The Hall–Kier alpha value is -3.44. The van der Waals surface area contributed by atoms with E-state index in [0.717, 1.165) is 28.0 Å². The zero-order valence-corrected chi connectivity index (χ0v) is 17.9. The summed E-state index contributed by atoms with van der Waals surface area (Å²) in [5.41, 5.74) is 5.27. The number of carbonyl (C=O) groups is 1. The Morgan fingerprint density at radius 3 is 2.39 bits per heavy atom. The van der Waals surface area contributed by atoms with Crippen LogP contribution in [0.15, 0.2) is 78.9 Å². The number of aromatic nitrogens is 2. The molecule has 1 atom stereocenters. The van der Waals surface area contributed by atoms with Gasteiger partial charge < -0.3 is 14.6 Å². The first-order chi connectivity index (χ1) is 15.2. The third kappa shape index (κ3) is 4.84. The first-order valence-electron chi connectivity index (χ1n) is 10.5. The van der Waals surface area contributed by atoms with E-state index in [1.165, 1.54) is 5.56 Å². The average molecular weight is 414 g/mol. The fourth-order valence-electron chi connectivity index (χ4n) is 3.83. The van der Waals surface area contributed by atoms with Gasteiger partial charge in [0.2, 0.25) is 5.91 Å². The maximum absolute atomic E-state index is 12.7. The van der Waals surface area contributed by atoms with Crippen molar-refractivity contribution in [3.63, 3.8) is 0 Å². The highest BCUT2D eigenvalue weighted by Crippen LogP contribution is 2.22. The van der Waals surface area contributed by atoms with Gasteiger partial charge in [0.05, 0.1) is 30.1 Å². The Bertz CT molecular complexity index is 1150. The third-order valence-corrected chi connectivity index (χ3v) is 5.39. The highest BCUT2D eigenvalue weighted by atomic mass is 16.5. The average Bonchev–Trinajstić information content (AvgIpc) is 3.17. The van der Waals surface area contributed by atoms with Gasteiger partial charge in [-0.1, -0.05) is 66.7 Å². The van der Waals surface area contributed by atoms with Crippen LogP contribution in [0.1, 0.15) is 24.4 Å². The standard InChI is InChI=1S/C26H27N3O2/c1-19(26-28-23-10-6-7-11-24(23)29(26)16-17-31-2)27-25(30)18-20-12-14-22(15-13-20)21-8-4-3-5-9-21/h3-15,19H,16-18H2,1-2H3,(H,27,30). The molecule has 0 fully saturated rings. The number of rotatable bonds is 8. The topological polar surface area (TPSA) is 56.1 Å². The monoisotopic (exact) mass is 413 g/mol. The Labute approximate surface area is 182 Å². The Morgan fingerprint density at radius 2 is 1.65 bits per heavy atom. The predicted octanol–water partition coefficient (Wildman–Crippen LogP) is 4.77.